The molecule has 3 N–H and O–H groups in total. The normalized spacial score (nSPS) is 9.85. The summed E-state index contributed by atoms with van der Waals surface area (Å²) in [6.45, 7) is 13.0. The Morgan fingerprint density at radius 1 is 0.538 bits per heavy atom. The van der Waals surface area contributed by atoms with E-state index >= 15 is 0 Å². The van der Waals surface area contributed by atoms with Crippen LogP contribution in [-0.2, 0) is 42.8 Å². The number of amides is 3. The Bertz CT molecular complexity index is 881. The lowest BCUT2D eigenvalue weighted by Gasteiger charge is -2.18. The molecule has 15 nitrogen and oxygen atoms in total. The van der Waals surface area contributed by atoms with E-state index in [-0.39, 0.29) is 56.2 Å². The highest BCUT2D eigenvalue weighted by atomic mass is 16.6. The summed E-state index contributed by atoms with van der Waals surface area (Å²) in [7, 11) is 0. The van der Waals surface area contributed by atoms with Crippen LogP contribution in [0.25, 0.3) is 0 Å². The lowest BCUT2D eigenvalue weighted by atomic mass is 10.4. The van der Waals surface area contributed by atoms with Gasteiger partial charge in [0.25, 0.3) is 0 Å². The Balaban J connectivity index is 4.66. The number of rotatable bonds is 17. The molecule has 39 heavy (non-hydrogen) atoms. The third-order valence-electron chi connectivity index (χ3n) is 3.93. The number of esters is 3. The van der Waals surface area contributed by atoms with Crippen molar-refractivity contribution in [3.05, 3.63) is 36.5 Å². The second-order valence-electron chi connectivity index (χ2n) is 7.75. The van der Waals surface area contributed by atoms with Crippen LogP contribution in [0.3, 0.4) is 0 Å². The van der Waals surface area contributed by atoms with Gasteiger partial charge in [0.15, 0.2) is 6.10 Å². The van der Waals surface area contributed by atoms with Gasteiger partial charge >= 0.3 is 36.2 Å². The molecule has 15 heteroatoms. The molecule has 0 fully saturated rings. The van der Waals surface area contributed by atoms with E-state index in [9.17, 15) is 28.8 Å². The predicted molar refractivity (Wildman–Crippen MR) is 134 cm³/mol. The van der Waals surface area contributed by atoms with Crippen LogP contribution in [-0.4, -0.2) is 95.0 Å². The Morgan fingerprint density at radius 2 is 0.846 bits per heavy atom. The SMILES string of the molecule is C=C(C)C(=O)OCCNC(=O)OCC(COC(=O)NCCOC(=O)C(=C)C)OC(=O)NCCOC(=O)C(=C)C. The van der Waals surface area contributed by atoms with Gasteiger partial charge in [0.1, 0.15) is 33.0 Å². The summed E-state index contributed by atoms with van der Waals surface area (Å²) in [4.78, 5) is 69.8. The molecule has 3 amide bonds. The van der Waals surface area contributed by atoms with E-state index in [1.807, 2.05) is 0 Å². The predicted octanol–water partition coefficient (Wildman–Crippen LogP) is 0.892. The van der Waals surface area contributed by atoms with Crippen molar-refractivity contribution in [3.8, 4) is 0 Å². The van der Waals surface area contributed by atoms with Crippen molar-refractivity contribution in [1.82, 2.24) is 16.0 Å². The van der Waals surface area contributed by atoms with Crippen LogP contribution in [0.1, 0.15) is 20.8 Å². The summed E-state index contributed by atoms with van der Waals surface area (Å²) >= 11 is 0. The Labute approximate surface area is 225 Å². The van der Waals surface area contributed by atoms with E-state index in [1.54, 1.807) is 0 Å². The van der Waals surface area contributed by atoms with Crippen molar-refractivity contribution >= 4 is 36.2 Å². The Morgan fingerprint density at radius 3 is 1.15 bits per heavy atom. The van der Waals surface area contributed by atoms with E-state index in [0.29, 0.717) is 0 Å². The first-order chi connectivity index (χ1) is 18.3. The van der Waals surface area contributed by atoms with Gasteiger partial charge in [0.2, 0.25) is 0 Å². The van der Waals surface area contributed by atoms with Crippen LogP contribution in [0, 0.1) is 0 Å². The number of carbonyl (C=O) groups is 6. The van der Waals surface area contributed by atoms with Gasteiger partial charge in [-0.2, -0.15) is 0 Å². The van der Waals surface area contributed by atoms with Gasteiger partial charge in [0, 0.05) is 16.7 Å². The van der Waals surface area contributed by atoms with Crippen molar-refractivity contribution < 1.29 is 57.2 Å². The highest BCUT2D eigenvalue weighted by Crippen LogP contribution is 1.99. The average molecular weight is 558 g/mol. The number of nitrogens with one attached hydrogen (secondary N) is 3. The topological polar surface area (TPSA) is 194 Å². The molecule has 0 unspecified atom stereocenters. The molecule has 0 heterocycles. The first-order valence-electron chi connectivity index (χ1n) is 11.6. The standard InChI is InChI=1S/C24H35N3O12/c1-15(2)19(28)34-10-7-25-22(31)37-13-18(39-24(33)27-9-12-36-21(30)17(5)6)14-38-23(32)26-8-11-35-20(29)16(3)4/h18H,1,3,5,7-14H2,2,4,6H3,(H,25,31)(H,26,32)(H,27,33). The van der Waals surface area contributed by atoms with Crippen LogP contribution in [0.2, 0.25) is 0 Å². The third kappa shape index (κ3) is 18.4. The molecule has 0 aromatic heterocycles. The van der Waals surface area contributed by atoms with Gasteiger partial charge in [-0.05, 0) is 20.8 Å². The highest BCUT2D eigenvalue weighted by molar-refractivity contribution is 5.87. The smallest absolute Gasteiger partial charge is 0.407 e. The Kier molecular flexibility index (Phi) is 17.3. The minimum Gasteiger partial charge on any atom is -0.460 e. The summed E-state index contributed by atoms with van der Waals surface area (Å²) in [5, 5.41) is 6.95. The van der Waals surface area contributed by atoms with Crippen LogP contribution in [0.5, 0.6) is 0 Å². The van der Waals surface area contributed by atoms with Gasteiger partial charge in [-0.25, -0.2) is 28.8 Å². The maximum absolute atomic E-state index is 12.1. The van der Waals surface area contributed by atoms with E-state index in [0.717, 1.165) is 0 Å². The van der Waals surface area contributed by atoms with Gasteiger partial charge in [0.05, 0.1) is 19.6 Å². The van der Waals surface area contributed by atoms with Gasteiger partial charge in [-0.15, -0.1) is 0 Å². The maximum atomic E-state index is 12.1. The van der Waals surface area contributed by atoms with Crippen molar-refractivity contribution in [3.63, 3.8) is 0 Å². The summed E-state index contributed by atoms with van der Waals surface area (Å²) < 4.78 is 29.5. The minimum atomic E-state index is -1.23. The molecule has 0 aliphatic carbocycles. The molecule has 0 aliphatic heterocycles. The fraction of sp³-hybridized carbons (Fsp3) is 0.500. The van der Waals surface area contributed by atoms with E-state index < -0.39 is 55.5 Å². The zero-order valence-corrected chi connectivity index (χ0v) is 22.3. The number of hydrogen-bond donors (Lipinski definition) is 3. The molecule has 0 radical (unpaired) electrons. The second-order valence-corrected chi connectivity index (χ2v) is 7.75. The zero-order valence-electron chi connectivity index (χ0n) is 22.3. The van der Waals surface area contributed by atoms with E-state index in [2.05, 4.69) is 35.7 Å². The van der Waals surface area contributed by atoms with Crippen molar-refractivity contribution in [2.45, 2.75) is 26.9 Å². The molecule has 0 aromatic rings. The fourth-order valence-corrected chi connectivity index (χ4v) is 2.01. The van der Waals surface area contributed by atoms with Crippen molar-refractivity contribution in [1.29, 1.82) is 0 Å². The van der Waals surface area contributed by atoms with E-state index in [1.165, 1.54) is 20.8 Å². The summed E-state index contributed by atoms with van der Waals surface area (Å²) in [5.74, 6) is -1.88. The molecule has 0 aromatic carbocycles. The largest absolute Gasteiger partial charge is 0.460 e. The van der Waals surface area contributed by atoms with E-state index in [4.69, 9.17) is 28.4 Å². The molecule has 0 saturated carbocycles. The minimum absolute atomic E-state index is 0.0678. The lowest BCUT2D eigenvalue weighted by Crippen LogP contribution is -2.39. The average Bonchev–Trinajstić information content (AvgIpc) is 2.87. The van der Waals surface area contributed by atoms with Crippen LogP contribution in [0.4, 0.5) is 14.4 Å². The Hall–Kier alpha value is -4.56. The number of carbonyl (C=O) groups excluding carboxylic acids is 6. The lowest BCUT2D eigenvalue weighted by molar-refractivity contribution is -0.139. The summed E-state index contributed by atoms with van der Waals surface area (Å²) in [6.07, 6.45) is -4.06. The molecular weight excluding hydrogens is 522 g/mol. The quantitative estimate of drug-likeness (QED) is 0.0991. The molecule has 218 valence electrons. The second kappa shape index (κ2) is 19.5. The monoisotopic (exact) mass is 557 g/mol. The maximum Gasteiger partial charge on any atom is 0.407 e. The molecule has 0 atom stereocenters. The summed E-state index contributed by atoms with van der Waals surface area (Å²) in [5.41, 5.74) is 0.579. The fourth-order valence-electron chi connectivity index (χ4n) is 2.01. The first kappa shape index (κ1) is 34.4. The first-order valence-corrected chi connectivity index (χ1v) is 11.6. The van der Waals surface area contributed by atoms with Crippen LogP contribution < -0.4 is 16.0 Å². The van der Waals surface area contributed by atoms with Crippen molar-refractivity contribution in [2.24, 2.45) is 0 Å². The molecular formula is C24H35N3O12. The third-order valence-corrected chi connectivity index (χ3v) is 3.93. The van der Waals surface area contributed by atoms with Crippen molar-refractivity contribution in [2.75, 3.05) is 52.7 Å². The van der Waals surface area contributed by atoms with Gasteiger partial charge < -0.3 is 44.4 Å². The molecule has 0 bridgehead atoms. The molecule has 0 saturated heterocycles. The zero-order chi connectivity index (χ0) is 29.8. The number of ether oxygens (including phenoxy) is 6. The molecule has 0 rings (SSSR count). The highest BCUT2D eigenvalue weighted by Gasteiger charge is 2.20. The summed E-state index contributed by atoms with van der Waals surface area (Å²) in [6, 6.07) is 0. The molecule has 0 spiro atoms. The number of alkyl carbamates (subject to hydrolysis) is 3. The van der Waals surface area contributed by atoms with Gasteiger partial charge in [-0.3, -0.25) is 0 Å². The number of hydrogen-bond acceptors (Lipinski definition) is 12. The van der Waals surface area contributed by atoms with Crippen LogP contribution >= 0.6 is 0 Å². The van der Waals surface area contributed by atoms with Crippen LogP contribution in [0.15, 0.2) is 36.5 Å². The molecule has 0 aliphatic rings. The van der Waals surface area contributed by atoms with Gasteiger partial charge in [-0.1, -0.05) is 19.7 Å².